The van der Waals surface area contributed by atoms with E-state index in [0.29, 0.717) is 22.7 Å². The van der Waals surface area contributed by atoms with Gasteiger partial charge in [0.25, 0.3) is 0 Å². The maximum Gasteiger partial charge on any atom is 0.177 e. The molecule has 0 unspecified atom stereocenters. The summed E-state index contributed by atoms with van der Waals surface area (Å²) in [6.45, 7) is 5.92. The van der Waals surface area contributed by atoms with Crippen LogP contribution in [-0.4, -0.2) is 26.0 Å². The lowest BCUT2D eigenvalue weighted by atomic mass is 10.2. The summed E-state index contributed by atoms with van der Waals surface area (Å²) in [6, 6.07) is 0. The molecule has 1 aliphatic carbocycles. The Morgan fingerprint density at radius 3 is 2.63 bits per heavy atom. The molecule has 1 saturated carbocycles. The van der Waals surface area contributed by atoms with Crippen LogP contribution >= 0.6 is 11.3 Å². The van der Waals surface area contributed by atoms with Crippen LogP contribution in [0.15, 0.2) is 0 Å². The minimum atomic E-state index is 0.0922. The second kappa shape index (κ2) is 5.82. The third-order valence-electron chi connectivity index (χ3n) is 3.51. The largest absolute Gasteiger partial charge is 0.492 e. The number of ketones is 1. The molecule has 0 bridgehead atoms. The van der Waals surface area contributed by atoms with E-state index in [1.165, 1.54) is 24.2 Å². The molecule has 1 aromatic heterocycles. The lowest BCUT2D eigenvalue weighted by molar-refractivity contribution is 0.0992. The molecule has 19 heavy (non-hydrogen) atoms. The highest BCUT2D eigenvalue weighted by atomic mass is 32.1. The SMILES string of the molecule is CCC(=O)c1sc(N(CC)CC2CC2)c(OC)c1N. The first-order valence-electron chi connectivity index (χ1n) is 6.86. The van der Waals surface area contributed by atoms with Crippen molar-refractivity contribution in [1.82, 2.24) is 0 Å². The van der Waals surface area contributed by atoms with Crippen molar-refractivity contribution in [3.05, 3.63) is 4.88 Å². The number of rotatable bonds is 7. The number of ether oxygens (including phenoxy) is 1. The number of Topliss-reactive ketones (excluding diaryl/α,β-unsaturated/α-hetero) is 1. The molecule has 0 spiro atoms. The first-order valence-corrected chi connectivity index (χ1v) is 7.68. The topological polar surface area (TPSA) is 55.6 Å². The number of hydrogen-bond acceptors (Lipinski definition) is 5. The Morgan fingerprint density at radius 1 is 1.47 bits per heavy atom. The molecule has 2 N–H and O–H groups in total. The van der Waals surface area contributed by atoms with Crippen molar-refractivity contribution in [3.63, 3.8) is 0 Å². The van der Waals surface area contributed by atoms with Gasteiger partial charge in [-0.05, 0) is 25.7 Å². The number of anilines is 2. The van der Waals surface area contributed by atoms with Crippen molar-refractivity contribution >= 4 is 27.8 Å². The predicted octanol–water partition coefficient (Wildman–Crippen LogP) is 3.17. The van der Waals surface area contributed by atoms with Gasteiger partial charge in [-0.1, -0.05) is 6.92 Å². The Bertz CT molecular complexity index is 466. The fourth-order valence-corrected chi connectivity index (χ4v) is 3.43. The molecule has 1 aliphatic rings. The van der Waals surface area contributed by atoms with E-state index in [9.17, 15) is 4.79 Å². The summed E-state index contributed by atoms with van der Waals surface area (Å²) in [6.07, 6.45) is 3.09. The van der Waals surface area contributed by atoms with Crippen LogP contribution in [-0.2, 0) is 0 Å². The van der Waals surface area contributed by atoms with Gasteiger partial charge in [-0.2, -0.15) is 0 Å². The minimum absolute atomic E-state index is 0.0922. The summed E-state index contributed by atoms with van der Waals surface area (Å²) in [5.74, 6) is 1.55. The monoisotopic (exact) mass is 282 g/mol. The minimum Gasteiger partial charge on any atom is -0.492 e. The molecule has 2 rings (SSSR count). The number of carbonyl (C=O) groups excluding carboxylic acids is 1. The lowest BCUT2D eigenvalue weighted by Gasteiger charge is -2.22. The van der Waals surface area contributed by atoms with Crippen LogP contribution in [0.2, 0.25) is 0 Å². The van der Waals surface area contributed by atoms with Crippen LogP contribution in [0.25, 0.3) is 0 Å². The summed E-state index contributed by atoms with van der Waals surface area (Å²) >= 11 is 1.47. The van der Waals surface area contributed by atoms with Crippen molar-refractivity contribution in [3.8, 4) is 5.75 Å². The quantitative estimate of drug-likeness (QED) is 0.780. The summed E-state index contributed by atoms with van der Waals surface area (Å²) in [4.78, 5) is 14.8. The van der Waals surface area contributed by atoms with E-state index in [2.05, 4.69) is 11.8 Å². The molecule has 1 heterocycles. The molecule has 4 nitrogen and oxygen atoms in total. The van der Waals surface area contributed by atoms with Crippen LogP contribution in [0.3, 0.4) is 0 Å². The standard InChI is InChI=1S/C14H22N2O2S/c1-4-10(17)13-11(15)12(18-3)14(19-13)16(5-2)8-9-6-7-9/h9H,4-8,15H2,1-3H3. The Kier molecular flexibility index (Phi) is 4.34. The molecular formula is C14H22N2O2S. The number of nitrogens with zero attached hydrogens (tertiary/aromatic N) is 1. The Morgan fingerprint density at radius 2 is 2.16 bits per heavy atom. The van der Waals surface area contributed by atoms with Crippen molar-refractivity contribution in [2.45, 2.75) is 33.1 Å². The summed E-state index contributed by atoms with van der Waals surface area (Å²) < 4.78 is 5.43. The molecule has 106 valence electrons. The van der Waals surface area contributed by atoms with E-state index in [1.54, 1.807) is 7.11 Å². The van der Waals surface area contributed by atoms with Crippen molar-refractivity contribution < 1.29 is 9.53 Å². The van der Waals surface area contributed by atoms with Crippen LogP contribution in [0.4, 0.5) is 10.7 Å². The first-order chi connectivity index (χ1) is 9.12. The fourth-order valence-electron chi connectivity index (χ4n) is 2.16. The van der Waals surface area contributed by atoms with Crippen LogP contribution < -0.4 is 15.4 Å². The Hall–Kier alpha value is -1.23. The number of methoxy groups -OCH3 is 1. The maximum absolute atomic E-state index is 11.9. The highest BCUT2D eigenvalue weighted by Crippen LogP contribution is 2.46. The smallest absolute Gasteiger partial charge is 0.177 e. The van der Waals surface area contributed by atoms with Gasteiger partial charge in [0.05, 0.1) is 17.7 Å². The molecular weight excluding hydrogens is 260 g/mol. The van der Waals surface area contributed by atoms with Crippen molar-refractivity contribution in [2.24, 2.45) is 5.92 Å². The summed E-state index contributed by atoms with van der Waals surface area (Å²) in [7, 11) is 1.62. The van der Waals surface area contributed by atoms with Gasteiger partial charge in [-0.15, -0.1) is 11.3 Å². The summed E-state index contributed by atoms with van der Waals surface area (Å²) in [5.41, 5.74) is 6.57. The van der Waals surface area contributed by atoms with E-state index in [-0.39, 0.29) is 5.78 Å². The molecule has 0 saturated heterocycles. The average molecular weight is 282 g/mol. The number of nitrogens with two attached hydrogens (primary N) is 1. The van der Waals surface area contributed by atoms with Gasteiger partial charge in [0, 0.05) is 19.5 Å². The number of nitrogen functional groups attached to an aromatic ring is 1. The Labute approximate surface area is 118 Å². The van der Waals surface area contributed by atoms with Gasteiger partial charge < -0.3 is 15.4 Å². The zero-order chi connectivity index (χ0) is 14.0. The number of carbonyl (C=O) groups is 1. The number of thiophene rings is 1. The highest BCUT2D eigenvalue weighted by molar-refractivity contribution is 7.19. The van der Waals surface area contributed by atoms with Crippen molar-refractivity contribution in [1.29, 1.82) is 0 Å². The maximum atomic E-state index is 11.9. The van der Waals surface area contributed by atoms with Crippen LogP contribution in [0.1, 0.15) is 42.8 Å². The lowest BCUT2D eigenvalue weighted by Crippen LogP contribution is -2.24. The normalized spacial score (nSPS) is 14.5. The summed E-state index contributed by atoms with van der Waals surface area (Å²) in [5, 5.41) is 1.01. The van der Waals surface area contributed by atoms with E-state index in [1.807, 2.05) is 6.92 Å². The molecule has 0 atom stereocenters. The average Bonchev–Trinajstić information content (AvgIpc) is 3.18. The van der Waals surface area contributed by atoms with Crippen molar-refractivity contribution in [2.75, 3.05) is 30.8 Å². The molecule has 0 amide bonds. The molecule has 1 fully saturated rings. The van der Waals surface area contributed by atoms with Gasteiger partial charge in [-0.25, -0.2) is 0 Å². The first kappa shape index (κ1) is 14.2. The third kappa shape index (κ3) is 2.86. The molecule has 1 aromatic rings. The van der Waals surface area contributed by atoms with Gasteiger partial charge in [0.15, 0.2) is 11.5 Å². The molecule has 0 aliphatic heterocycles. The third-order valence-corrected chi connectivity index (χ3v) is 4.79. The highest BCUT2D eigenvalue weighted by Gasteiger charge is 2.28. The van der Waals surface area contributed by atoms with Crippen LogP contribution in [0.5, 0.6) is 5.75 Å². The van der Waals surface area contributed by atoms with E-state index in [4.69, 9.17) is 10.5 Å². The second-order valence-corrected chi connectivity index (χ2v) is 5.94. The van der Waals surface area contributed by atoms with Gasteiger partial charge in [0.1, 0.15) is 5.00 Å². The predicted molar refractivity (Wildman–Crippen MR) is 80.5 cm³/mol. The molecule has 0 radical (unpaired) electrons. The second-order valence-electron chi connectivity index (χ2n) is 4.94. The number of hydrogen-bond donors (Lipinski definition) is 1. The molecule has 5 heteroatoms. The van der Waals surface area contributed by atoms with E-state index in [0.717, 1.165) is 24.0 Å². The Balaban J connectivity index is 2.33. The fraction of sp³-hybridized carbons (Fsp3) is 0.643. The van der Waals surface area contributed by atoms with Crippen LogP contribution in [0, 0.1) is 5.92 Å². The van der Waals surface area contributed by atoms with Gasteiger partial charge >= 0.3 is 0 Å². The van der Waals surface area contributed by atoms with E-state index >= 15 is 0 Å². The zero-order valence-electron chi connectivity index (χ0n) is 11.9. The zero-order valence-corrected chi connectivity index (χ0v) is 12.7. The van der Waals surface area contributed by atoms with Gasteiger partial charge in [0.2, 0.25) is 0 Å². The van der Waals surface area contributed by atoms with Gasteiger partial charge in [-0.3, -0.25) is 4.79 Å². The molecule has 0 aromatic carbocycles. The van der Waals surface area contributed by atoms with E-state index < -0.39 is 0 Å².